The Balaban J connectivity index is 0.000000197. The van der Waals surface area contributed by atoms with E-state index in [0.29, 0.717) is 0 Å². The monoisotopic (exact) mass is 1750 g/mol. The molecule has 0 bridgehead atoms. The number of quaternary nitrogens is 3. The van der Waals surface area contributed by atoms with Crippen molar-refractivity contribution in [1.29, 1.82) is 0 Å². The number of hydrogen-bond acceptors (Lipinski definition) is 3. The van der Waals surface area contributed by atoms with Gasteiger partial charge < -0.3 is 28.5 Å². The Labute approximate surface area is 749 Å². The molecule has 16 heteroatoms. The van der Waals surface area contributed by atoms with Crippen molar-refractivity contribution in [1.82, 2.24) is 0 Å². The smallest absolute Gasteiger partial charge is 0.176 e. The highest BCUT2D eigenvalue weighted by Gasteiger charge is 2.56. The van der Waals surface area contributed by atoms with Crippen LogP contribution in [0.3, 0.4) is 0 Å². The van der Waals surface area contributed by atoms with Gasteiger partial charge in [0, 0.05) is 112 Å². The Morgan fingerprint density at radius 3 is 0.483 bits per heavy atom. The van der Waals surface area contributed by atoms with Crippen LogP contribution in [-0.2, 0) is 36.3 Å². The predicted molar refractivity (Wildman–Crippen MR) is 498 cm³/mol. The molecule has 0 aromatic heterocycles. The Hall–Kier alpha value is -6.93. The average molecular weight is 1760 g/mol. The van der Waals surface area contributed by atoms with E-state index in [-0.39, 0.29) is 0 Å². The van der Waals surface area contributed by atoms with Gasteiger partial charge in [-0.3, -0.25) is 7.32 Å². The molecule has 0 amide bonds. The van der Waals surface area contributed by atoms with Gasteiger partial charge in [0.15, 0.2) is 16.6 Å². The van der Waals surface area contributed by atoms with E-state index in [1.807, 2.05) is 109 Å². The van der Waals surface area contributed by atoms with Gasteiger partial charge >= 0.3 is 0 Å². The number of unbranched alkanes of at least 4 members (excludes halogenated alkanes) is 12. The van der Waals surface area contributed by atoms with Crippen LogP contribution in [0.5, 0.6) is 0 Å². The lowest BCUT2D eigenvalue weighted by molar-refractivity contribution is -0.967. The van der Waals surface area contributed by atoms with E-state index in [0.717, 1.165) is 117 Å². The first-order valence-electron chi connectivity index (χ1n) is 41.4. The van der Waals surface area contributed by atoms with Crippen molar-refractivity contribution in [3.05, 3.63) is 421 Å². The minimum atomic E-state index is -2.92. The minimum Gasteiger partial charge on any atom is -0.907 e. The summed E-state index contributed by atoms with van der Waals surface area (Å²) in [6.07, 6.45) is 18.4. The SMILES string of the molecule is CCCCCCC[N+](C)(Cc1ccccc1)C(c1ccc(Cl)cc1)(c1ccc(Cl)cc1)c1ccc(Cl)cc1.CCCCCCC[N+](C)(Cc1ccccc1)C(c1ccc(Cl)cc1)(c1ccc(Cl)cc1)c1ccc(Cl)cc1.CCCCCCC[N+](C)(Cc1ccccc1)C(c1ccc(Cl)cc1)(c1ccc(Cl)cc1)c1ccc(Cl)cc1.[O-]B([O-])[O-]. The van der Waals surface area contributed by atoms with Crippen LogP contribution in [0.25, 0.3) is 0 Å². The number of nitrogens with zero attached hydrogens (tertiary/aromatic N) is 3. The molecule has 0 saturated carbocycles. The first-order chi connectivity index (χ1) is 56.9. The lowest BCUT2D eigenvalue weighted by atomic mass is 9.73. The third-order valence-corrected chi connectivity index (χ3v) is 25.4. The second-order valence-corrected chi connectivity index (χ2v) is 35.4. The van der Waals surface area contributed by atoms with E-state index in [2.05, 4.69) is 242 Å². The molecule has 6 nitrogen and oxygen atoms in total. The summed E-state index contributed by atoms with van der Waals surface area (Å²) >= 11 is 57.9. The molecule has 0 aliphatic rings. The summed E-state index contributed by atoms with van der Waals surface area (Å²) < 4.78 is 2.27. The van der Waals surface area contributed by atoms with E-state index >= 15 is 0 Å². The number of hydrogen-bond donors (Lipinski definition) is 0. The molecule has 0 aliphatic carbocycles. The minimum absolute atomic E-state index is 0.527. The van der Waals surface area contributed by atoms with Gasteiger partial charge in [0.05, 0.1) is 40.8 Å². The molecule has 0 radical (unpaired) electrons. The van der Waals surface area contributed by atoms with E-state index < -0.39 is 23.9 Å². The highest BCUT2D eigenvalue weighted by atomic mass is 35.5. The molecule has 3 unspecified atom stereocenters. The Morgan fingerprint density at radius 1 is 0.212 bits per heavy atom. The zero-order chi connectivity index (χ0) is 84.6. The average Bonchev–Trinajstić information content (AvgIpc) is 0.726. The van der Waals surface area contributed by atoms with E-state index in [9.17, 15) is 0 Å². The molecule has 0 spiro atoms. The van der Waals surface area contributed by atoms with Crippen LogP contribution < -0.4 is 15.1 Å². The van der Waals surface area contributed by atoms with Gasteiger partial charge in [0.1, 0.15) is 19.6 Å². The summed E-state index contributed by atoms with van der Waals surface area (Å²) in [4.78, 5) is 0. The van der Waals surface area contributed by atoms with Crippen LogP contribution in [0.1, 0.15) is 184 Å². The van der Waals surface area contributed by atoms with Crippen LogP contribution in [0.2, 0.25) is 45.2 Å². The molecule has 0 N–H and O–H groups in total. The summed E-state index contributed by atoms with van der Waals surface area (Å²) in [5.74, 6) is 0. The molecule has 0 aliphatic heterocycles. The van der Waals surface area contributed by atoms with Crippen molar-refractivity contribution in [2.24, 2.45) is 0 Å². The largest absolute Gasteiger partial charge is 0.907 e. The first kappa shape index (κ1) is 94.9. The lowest BCUT2D eigenvalue weighted by Gasteiger charge is -2.52. The van der Waals surface area contributed by atoms with Gasteiger partial charge in [-0.1, -0.05) is 383 Å². The maximum atomic E-state index is 8.42. The molecule has 0 saturated heterocycles. The van der Waals surface area contributed by atoms with Crippen molar-refractivity contribution in [2.45, 2.75) is 153 Å². The molecule has 3 atom stereocenters. The van der Waals surface area contributed by atoms with Crippen molar-refractivity contribution < 1.29 is 28.5 Å². The molecular weight excluding hydrogens is 1650 g/mol. The van der Waals surface area contributed by atoms with Gasteiger partial charge in [0.25, 0.3) is 0 Å². The van der Waals surface area contributed by atoms with Gasteiger partial charge in [-0.25, -0.2) is 0 Å². The summed E-state index contributed by atoms with van der Waals surface area (Å²) in [6.45, 7) is 12.4. The first-order valence-corrected chi connectivity index (χ1v) is 44.8. The fourth-order valence-electron chi connectivity index (χ4n) is 17.8. The Bertz CT molecular complexity index is 4040. The fraction of sp³-hybridized carbons (Fsp3) is 0.294. The number of rotatable bonds is 36. The third-order valence-electron chi connectivity index (χ3n) is 23.2. The van der Waals surface area contributed by atoms with Crippen LogP contribution in [-0.4, -0.2) is 61.5 Å². The predicted octanol–water partition coefficient (Wildman–Crippen LogP) is 27.7. The third kappa shape index (κ3) is 24.7. The van der Waals surface area contributed by atoms with Crippen molar-refractivity contribution in [3.8, 4) is 0 Å². The van der Waals surface area contributed by atoms with Gasteiger partial charge in [-0.15, -0.1) is 0 Å². The maximum Gasteiger partial charge on any atom is 0.176 e. The lowest BCUT2D eigenvalue weighted by Crippen LogP contribution is -2.61. The topological polar surface area (TPSA) is 69.2 Å². The highest BCUT2D eigenvalue weighted by molar-refractivity contribution is 6.33. The Morgan fingerprint density at radius 2 is 0.347 bits per heavy atom. The zero-order valence-electron chi connectivity index (χ0n) is 68.8. The molecule has 0 fully saturated rings. The standard InChI is InChI=1S/3C34H37Cl3N.BO3/c3*1-3-4-5-6-10-25-38(2,26-27-11-8-7-9-12-27)34(28-13-19-31(35)20-14-28,29-15-21-32(36)22-16-29)30-17-23-33(37)24-18-30;2-1(3)4/h3*7-9,11-24H,3-6,10,25-26H2,1-2H3;/q3*+1;-3. The normalized spacial score (nSPS) is 13.1. The van der Waals surface area contributed by atoms with Crippen molar-refractivity contribution >= 4 is 112 Å². The zero-order valence-corrected chi connectivity index (χ0v) is 75.6. The van der Waals surface area contributed by atoms with Crippen LogP contribution in [0, 0.1) is 0 Å². The Kier molecular flexibility index (Phi) is 37.7. The number of benzene rings is 12. The van der Waals surface area contributed by atoms with E-state index in [1.54, 1.807) is 0 Å². The fourth-order valence-corrected chi connectivity index (χ4v) is 18.9. The van der Waals surface area contributed by atoms with Gasteiger partial charge in [0.2, 0.25) is 0 Å². The number of halogens is 9. The van der Waals surface area contributed by atoms with Crippen molar-refractivity contribution in [2.75, 3.05) is 40.8 Å². The molecule has 12 rings (SSSR count). The van der Waals surface area contributed by atoms with Crippen LogP contribution in [0.15, 0.2) is 309 Å². The summed E-state index contributed by atoms with van der Waals surface area (Å²) in [5.41, 5.74) is 13.1. The maximum absolute atomic E-state index is 8.42. The molecule has 12 aromatic carbocycles. The van der Waals surface area contributed by atoms with Crippen molar-refractivity contribution in [3.63, 3.8) is 0 Å². The van der Waals surface area contributed by atoms with Crippen LogP contribution >= 0.6 is 104 Å². The molecule has 118 heavy (non-hydrogen) atoms. The molecule has 12 aromatic rings. The molecule has 0 heterocycles. The second-order valence-electron chi connectivity index (χ2n) is 31.5. The quantitative estimate of drug-likeness (QED) is 0.0170. The van der Waals surface area contributed by atoms with Gasteiger partial charge in [-0.05, 0) is 148 Å². The van der Waals surface area contributed by atoms with Gasteiger partial charge in [-0.2, -0.15) is 0 Å². The summed E-state index contributed by atoms with van der Waals surface area (Å²) in [7, 11) is 4.31. The molecular formula is C102H111BCl9N3O3. The summed E-state index contributed by atoms with van der Waals surface area (Å²) in [5, 5.41) is 31.8. The van der Waals surface area contributed by atoms with Crippen LogP contribution in [0.4, 0.5) is 0 Å². The highest BCUT2D eigenvalue weighted by Crippen LogP contribution is 2.53. The summed E-state index contributed by atoms with van der Waals surface area (Å²) in [6, 6.07) is 108. The van der Waals surface area contributed by atoms with E-state index in [4.69, 9.17) is 119 Å². The molecule has 618 valence electrons. The second kappa shape index (κ2) is 46.9. The van der Waals surface area contributed by atoms with E-state index in [1.165, 1.54) is 144 Å².